The van der Waals surface area contributed by atoms with Gasteiger partial charge in [-0.2, -0.15) is 5.10 Å². The quantitative estimate of drug-likeness (QED) is 0.664. The van der Waals surface area contributed by atoms with E-state index in [4.69, 9.17) is 4.42 Å². The minimum Gasteiger partial charge on any atom is -0.460 e. The van der Waals surface area contributed by atoms with Crippen molar-refractivity contribution < 1.29 is 9.21 Å². The van der Waals surface area contributed by atoms with Gasteiger partial charge in [-0.25, -0.2) is 5.43 Å². The first-order valence-electron chi connectivity index (χ1n) is 5.63. The van der Waals surface area contributed by atoms with E-state index >= 15 is 0 Å². The van der Waals surface area contributed by atoms with Gasteiger partial charge in [0, 0.05) is 5.56 Å². The molecule has 2 rings (SSSR count). The second kappa shape index (κ2) is 5.31. The van der Waals surface area contributed by atoms with Crippen molar-refractivity contribution in [3.63, 3.8) is 0 Å². The number of carbonyl (C=O) groups is 1. The van der Waals surface area contributed by atoms with Crippen molar-refractivity contribution in [1.82, 2.24) is 5.43 Å². The Hall–Kier alpha value is -2.36. The topological polar surface area (TPSA) is 54.6 Å². The summed E-state index contributed by atoms with van der Waals surface area (Å²) in [4.78, 5) is 11.7. The third kappa shape index (κ3) is 2.85. The summed E-state index contributed by atoms with van der Waals surface area (Å²) in [6, 6.07) is 12.6. The first kappa shape index (κ1) is 12.1. The van der Waals surface area contributed by atoms with Gasteiger partial charge in [0.25, 0.3) is 5.91 Å². The molecule has 0 aliphatic heterocycles. The molecule has 0 saturated heterocycles. The van der Waals surface area contributed by atoms with E-state index < -0.39 is 0 Å². The molecule has 0 aliphatic carbocycles. The average Bonchev–Trinajstić information content (AvgIpc) is 2.83. The van der Waals surface area contributed by atoms with Crippen LogP contribution in [-0.2, 0) is 0 Å². The summed E-state index contributed by atoms with van der Waals surface area (Å²) < 4.78 is 5.40. The number of hydrogen-bond donors (Lipinski definition) is 1. The number of hydrazone groups is 1. The highest BCUT2D eigenvalue weighted by atomic mass is 16.3. The van der Waals surface area contributed by atoms with E-state index in [1.165, 1.54) is 0 Å². The first-order chi connectivity index (χ1) is 8.66. The number of nitrogens with zero attached hydrogens (tertiary/aromatic N) is 1. The molecule has 0 atom stereocenters. The van der Waals surface area contributed by atoms with Gasteiger partial charge in [-0.1, -0.05) is 18.2 Å². The summed E-state index contributed by atoms with van der Waals surface area (Å²) in [5, 5.41) is 4.01. The summed E-state index contributed by atoms with van der Waals surface area (Å²) in [6.07, 6.45) is 0. The zero-order chi connectivity index (χ0) is 13.0. The number of furan rings is 1. The normalized spacial score (nSPS) is 11.3. The number of carbonyl (C=O) groups excluding carboxylic acids is 1. The average molecular weight is 242 g/mol. The van der Waals surface area contributed by atoms with Crippen LogP contribution in [0.5, 0.6) is 0 Å². The number of hydrogen-bond acceptors (Lipinski definition) is 3. The number of aryl methyl sites for hydroxylation is 1. The van der Waals surface area contributed by atoms with Crippen molar-refractivity contribution in [2.24, 2.45) is 5.10 Å². The van der Waals surface area contributed by atoms with E-state index in [2.05, 4.69) is 10.5 Å². The van der Waals surface area contributed by atoms with Crippen LogP contribution in [0.3, 0.4) is 0 Å². The maximum absolute atomic E-state index is 11.7. The lowest BCUT2D eigenvalue weighted by molar-refractivity contribution is 0.0955. The van der Waals surface area contributed by atoms with Crippen molar-refractivity contribution in [3.8, 4) is 0 Å². The summed E-state index contributed by atoms with van der Waals surface area (Å²) in [5.74, 6) is 1.23. The third-order valence-electron chi connectivity index (χ3n) is 2.46. The Kier molecular flexibility index (Phi) is 3.57. The summed E-state index contributed by atoms with van der Waals surface area (Å²) in [7, 11) is 0. The second-order valence-electron chi connectivity index (χ2n) is 3.91. The number of amides is 1. The van der Waals surface area contributed by atoms with E-state index in [1.54, 1.807) is 31.2 Å². The fourth-order valence-corrected chi connectivity index (χ4v) is 1.47. The van der Waals surface area contributed by atoms with Crippen molar-refractivity contribution in [1.29, 1.82) is 0 Å². The summed E-state index contributed by atoms with van der Waals surface area (Å²) >= 11 is 0. The van der Waals surface area contributed by atoms with Crippen LogP contribution in [0.25, 0.3) is 0 Å². The van der Waals surface area contributed by atoms with E-state index in [-0.39, 0.29) is 5.91 Å². The van der Waals surface area contributed by atoms with Gasteiger partial charge in [0.15, 0.2) is 0 Å². The predicted octanol–water partition coefficient (Wildman–Crippen LogP) is 2.74. The van der Waals surface area contributed by atoms with E-state index in [1.807, 2.05) is 25.1 Å². The van der Waals surface area contributed by atoms with E-state index in [0.717, 1.165) is 5.76 Å². The maximum atomic E-state index is 11.7. The first-order valence-corrected chi connectivity index (χ1v) is 5.63. The molecule has 4 heteroatoms. The number of nitrogens with one attached hydrogen (secondary N) is 1. The highest BCUT2D eigenvalue weighted by molar-refractivity contribution is 5.99. The molecule has 0 fully saturated rings. The van der Waals surface area contributed by atoms with Crippen LogP contribution in [0.2, 0.25) is 0 Å². The number of benzene rings is 1. The van der Waals surface area contributed by atoms with Gasteiger partial charge >= 0.3 is 0 Å². The van der Waals surface area contributed by atoms with Crippen LogP contribution in [0.15, 0.2) is 52.0 Å². The van der Waals surface area contributed by atoms with Crippen LogP contribution in [-0.4, -0.2) is 11.6 Å². The zero-order valence-corrected chi connectivity index (χ0v) is 10.3. The smallest absolute Gasteiger partial charge is 0.271 e. The number of rotatable bonds is 3. The molecule has 18 heavy (non-hydrogen) atoms. The predicted molar refractivity (Wildman–Crippen MR) is 69.6 cm³/mol. The second-order valence-corrected chi connectivity index (χ2v) is 3.91. The Bertz CT molecular complexity index is 570. The fourth-order valence-electron chi connectivity index (χ4n) is 1.47. The fraction of sp³-hybridized carbons (Fsp3) is 0.143. The van der Waals surface area contributed by atoms with Gasteiger partial charge in [-0.15, -0.1) is 0 Å². The SMILES string of the molecule is CC(=NNC(=O)c1ccccc1)c1ccc(C)o1. The molecule has 0 saturated carbocycles. The lowest BCUT2D eigenvalue weighted by Gasteiger charge is -2.00. The maximum Gasteiger partial charge on any atom is 0.271 e. The summed E-state index contributed by atoms with van der Waals surface area (Å²) in [5.41, 5.74) is 3.70. The molecule has 0 spiro atoms. The molecular weight excluding hydrogens is 228 g/mol. The molecule has 4 nitrogen and oxygen atoms in total. The molecule has 1 amide bonds. The molecular formula is C14H14N2O2. The molecule has 1 N–H and O–H groups in total. The van der Waals surface area contributed by atoms with Crippen molar-refractivity contribution in [2.75, 3.05) is 0 Å². The minimum atomic E-state index is -0.238. The van der Waals surface area contributed by atoms with Gasteiger partial charge in [0.05, 0.1) is 0 Å². The van der Waals surface area contributed by atoms with E-state index in [9.17, 15) is 4.79 Å². The van der Waals surface area contributed by atoms with Crippen LogP contribution in [0, 0.1) is 6.92 Å². The molecule has 2 aromatic rings. The summed E-state index contributed by atoms with van der Waals surface area (Å²) in [6.45, 7) is 3.64. The van der Waals surface area contributed by atoms with Gasteiger partial charge in [0.1, 0.15) is 17.2 Å². The molecule has 92 valence electrons. The van der Waals surface area contributed by atoms with Crippen molar-refractivity contribution in [2.45, 2.75) is 13.8 Å². The molecule has 0 aliphatic rings. The minimum absolute atomic E-state index is 0.238. The van der Waals surface area contributed by atoms with Gasteiger partial charge < -0.3 is 4.42 Å². The van der Waals surface area contributed by atoms with Gasteiger partial charge in [-0.05, 0) is 38.1 Å². The third-order valence-corrected chi connectivity index (χ3v) is 2.46. The highest BCUT2D eigenvalue weighted by Crippen LogP contribution is 2.07. The Labute approximate surface area is 105 Å². The molecule has 1 aromatic carbocycles. The van der Waals surface area contributed by atoms with Crippen molar-refractivity contribution >= 4 is 11.6 Å². The molecule has 1 aromatic heterocycles. The lowest BCUT2D eigenvalue weighted by atomic mass is 10.2. The zero-order valence-electron chi connectivity index (χ0n) is 10.3. The van der Waals surface area contributed by atoms with Crippen LogP contribution in [0.1, 0.15) is 28.8 Å². The van der Waals surface area contributed by atoms with E-state index in [0.29, 0.717) is 17.0 Å². The lowest BCUT2D eigenvalue weighted by Crippen LogP contribution is -2.19. The Morgan fingerprint density at radius 3 is 2.50 bits per heavy atom. The Morgan fingerprint density at radius 1 is 1.17 bits per heavy atom. The van der Waals surface area contributed by atoms with Gasteiger partial charge in [-0.3, -0.25) is 4.79 Å². The molecule has 0 bridgehead atoms. The molecule has 0 unspecified atom stereocenters. The molecule has 0 radical (unpaired) electrons. The van der Waals surface area contributed by atoms with Gasteiger partial charge in [0.2, 0.25) is 0 Å². The standard InChI is InChI=1S/C14H14N2O2/c1-10-8-9-13(18-10)11(2)15-16-14(17)12-6-4-3-5-7-12/h3-9H,1-2H3,(H,16,17). The van der Waals surface area contributed by atoms with Crippen LogP contribution >= 0.6 is 0 Å². The van der Waals surface area contributed by atoms with Crippen LogP contribution in [0.4, 0.5) is 0 Å². The highest BCUT2D eigenvalue weighted by Gasteiger charge is 2.05. The molecule has 1 heterocycles. The Morgan fingerprint density at radius 2 is 1.89 bits per heavy atom. The largest absolute Gasteiger partial charge is 0.460 e. The van der Waals surface area contributed by atoms with Crippen molar-refractivity contribution in [3.05, 3.63) is 59.5 Å². The monoisotopic (exact) mass is 242 g/mol. The van der Waals surface area contributed by atoms with Crippen LogP contribution < -0.4 is 5.43 Å². The Balaban J connectivity index is 2.05.